The number of ether oxygens (including phenoxy) is 2. The van der Waals surface area contributed by atoms with Crippen molar-refractivity contribution in [2.45, 2.75) is 6.54 Å². The molecule has 0 unspecified atom stereocenters. The average Bonchev–Trinajstić information content (AvgIpc) is 3.34. The van der Waals surface area contributed by atoms with Crippen LogP contribution in [-0.4, -0.2) is 70.8 Å². The number of benzene rings is 2. The first-order chi connectivity index (χ1) is 17.9. The number of hydrogen-bond donors (Lipinski definition) is 1. The van der Waals surface area contributed by atoms with Crippen LogP contribution in [0.25, 0.3) is 15.5 Å². The molecule has 0 saturated carbocycles. The zero-order chi connectivity index (χ0) is 25.9. The number of rotatable bonds is 6. The minimum Gasteiger partial charge on any atom is -0.497 e. The summed E-state index contributed by atoms with van der Waals surface area (Å²) in [5.74, 6) is 0.787. The van der Waals surface area contributed by atoms with Gasteiger partial charge >= 0.3 is 6.03 Å². The van der Waals surface area contributed by atoms with E-state index in [2.05, 4.69) is 20.3 Å². The molecule has 192 valence electrons. The van der Waals surface area contributed by atoms with Crippen LogP contribution in [0.3, 0.4) is 0 Å². The van der Waals surface area contributed by atoms with E-state index >= 15 is 0 Å². The van der Waals surface area contributed by atoms with Gasteiger partial charge in [-0.05, 0) is 24.3 Å². The maximum Gasteiger partial charge on any atom is 0.322 e. The Kier molecular flexibility index (Phi) is 7.01. The van der Waals surface area contributed by atoms with E-state index in [-0.39, 0.29) is 17.4 Å². The van der Waals surface area contributed by atoms with E-state index in [9.17, 15) is 14.0 Å². The van der Waals surface area contributed by atoms with Crippen LogP contribution in [0.4, 0.5) is 14.9 Å². The van der Waals surface area contributed by atoms with Crippen molar-refractivity contribution in [3.05, 3.63) is 70.4 Å². The molecule has 0 bridgehead atoms. The number of piperazine rings is 1. The normalized spacial score (nSPS) is 14.1. The molecule has 1 fully saturated rings. The van der Waals surface area contributed by atoms with E-state index in [1.165, 1.54) is 41.2 Å². The molecule has 1 aliphatic heterocycles. The molecule has 1 N–H and O–H groups in total. The number of hydrogen-bond acceptors (Lipinski definition) is 8. The van der Waals surface area contributed by atoms with Gasteiger partial charge in [0.05, 0.1) is 25.6 Å². The molecule has 1 saturated heterocycles. The van der Waals surface area contributed by atoms with Crippen LogP contribution in [0.15, 0.2) is 53.3 Å². The molecule has 3 heterocycles. The summed E-state index contributed by atoms with van der Waals surface area (Å²) in [5.41, 5.74) is 1.50. The minimum absolute atomic E-state index is 0.213. The summed E-state index contributed by atoms with van der Waals surface area (Å²) >= 11 is 1.24. The van der Waals surface area contributed by atoms with Gasteiger partial charge in [-0.15, -0.1) is 0 Å². The predicted molar refractivity (Wildman–Crippen MR) is 138 cm³/mol. The number of anilines is 1. The second-order valence-corrected chi connectivity index (χ2v) is 9.41. The van der Waals surface area contributed by atoms with Crippen LogP contribution < -0.4 is 20.3 Å². The van der Waals surface area contributed by atoms with Crippen molar-refractivity contribution in [1.82, 2.24) is 24.4 Å². The number of urea groups is 1. The zero-order valence-electron chi connectivity index (χ0n) is 20.3. The molecule has 0 atom stereocenters. The Labute approximate surface area is 215 Å². The van der Waals surface area contributed by atoms with E-state index in [1.54, 1.807) is 42.3 Å². The number of aromatic nitrogens is 3. The number of fused-ring (bicyclic) bond motifs is 1. The third kappa shape index (κ3) is 5.39. The maximum atomic E-state index is 13.6. The predicted octanol–water partition coefficient (Wildman–Crippen LogP) is 3.32. The molecule has 12 heteroatoms. The molecule has 2 amide bonds. The van der Waals surface area contributed by atoms with Gasteiger partial charge in [-0.3, -0.25) is 9.69 Å². The van der Waals surface area contributed by atoms with Crippen LogP contribution in [0.2, 0.25) is 0 Å². The first kappa shape index (κ1) is 24.7. The Morgan fingerprint density at radius 1 is 1.08 bits per heavy atom. The Morgan fingerprint density at radius 3 is 2.62 bits per heavy atom. The van der Waals surface area contributed by atoms with Crippen molar-refractivity contribution in [3.63, 3.8) is 0 Å². The second-order valence-electron chi connectivity index (χ2n) is 8.46. The number of amides is 2. The number of nitrogens with zero attached hydrogens (tertiary/aromatic N) is 5. The zero-order valence-corrected chi connectivity index (χ0v) is 21.1. The van der Waals surface area contributed by atoms with Crippen molar-refractivity contribution < 1.29 is 18.7 Å². The lowest BCUT2D eigenvalue weighted by atomic mass is 10.2. The molecule has 5 rings (SSSR count). The standard InChI is InChI=1S/C25H25FN6O4S/c1-35-19-6-7-20(21(14-19)36-2)28-24(34)31-10-8-30(9-11-31)15-18-13-22(33)32-25(27-18)37-23(29-32)16-4-3-5-17(26)12-16/h3-7,12-14H,8-11,15H2,1-2H3,(H,28,34). The molecule has 1 aliphatic rings. The van der Waals surface area contributed by atoms with Crippen molar-refractivity contribution in [3.8, 4) is 22.1 Å². The van der Waals surface area contributed by atoms with E-state index in [0.29, 0.717) is 71.1 Å². The van der Waals surface area contributed by atoms with Crippen LogP contribution in [0, 0.1) is 5.82 Å². The summed E-state index contributed by atoms with van der Waals surface area (Å²) in [4.78, 5) is 34.4. The molecular formula is C25H25FN6O4S. The number of halogens is 1. The van der Waals surface area contributed by atoms with Crippen molar-refractivity contribution in [1.29, 1.82) is 0 Å². The van der Waals surface area contributed by atoms with Crippen molar-refractivity contribution in [2.24, 2.45) is 0 Å². The van der Waals surface area contributed by atoms with Crippen molar-refractivity contribution >= 4 is 28.0 Å². The minimum atomic E-state index is -0.367. The largest absolute Gasteiger partial charge is 0.497 e. The van der Waals surface area contributed by atoms with Crippen LogP contribution in [0.5, 0.6) is 11.5 Å². The average molecular weight is 525 g/mol. The smallest absolute Gasteiger partial charge is 0.322 e. The third-order valence-corrected chi connectivity index (χ3v) is 7.02. The number of carbonyl (C=O) groups is 1. The highest BCUT2D eigenvalue weighted by molar-refractivity contribution is 7.19. The van der Waals surface area contributed by atoms with E-state index in [4.69, 9.17) is 9.47 Å². The lowest BCUT2D eigenvalue weighted by molar-refractivity contribution is 0.142. The molecule has 0 aliphatic carbocycles. The first-order valence-corrected chi connectivity index (χ1v) is 12.4. The number of carbonyl (C=O) groups excluding carboxylic acids is 1. The molecule has 10 nitrogen and oxygen atoms in total. The van der Waals surface area contributed by atoms with Gasteiger partial charge < -0.3 is 19.7 Å². The summed E-state index contributed by atoms with van der Waals surface area (Å²) in [6, 6.07) is 12.6. The van der Waals surface area contributed by atoms with Gasteiger partial charge in [-0.2, -0.15) is 9.61 Å². The molecule has 0 radical (unpaired) electrons. The molecule has 0 spiro atoms. The molecule has 2 aromatic heterocycles. The maximum absolute atomic E-state index is 13.6. The summed E-state index contributed by atoms with van der Waals surface area (Å²) in [5, 5.41) is 7.73. The molecule has 37 heavy (non-hydrogen) atoms. The van der Waals surface area contributed by atoms with Crippen molar-refractivity contribution in [2.75, 3.05) is 45.7 Å². The SMILES string of the molecule is COc1ccc(NC(=O)N2CCN(Cc3cc(=O)n4nc(-c5cccc(F)c5)sc4n3)CC2)c(OC)c1. The van der Waals surface area contributed by atoms with E-state index < -0.39 is 0 Å². The van der Waals surface area contributed by atoms with Crippen LogP contribution in [-0.2, 0) is 6.54 Å². The number of nitrogens with one attached hydrogen (secondary N) is 1. The Balaban J connectivity index is 1.22. The third-order valence-electron chi connectivity index (χ3n) is 6.07. The molecule has 2 aromatic carbocycles. The first-order valence-electron chi connectivity index (χ1n) is 11.6. The van der Waals surface area contributed by atoms with Gasteiger partial charge in [0.25, 0.3) is 5.56 Å². The van der Waals surface area contributed by atoms with Crippen LogP contribution in [0.1, 0.15) is 5.69 Å². The number of methoxy groups -OCH3 is 2. The summed E-state index contributed by atoms with van der Waals surface area (Å²) < 4.78 is 25.4. The quantitative estimate of drug-likeness (QED) is 0.413. The lowest BCUT2D eigenvalue weighted by Gasteiger charge is -2.34. The fraction of sp³-hybridized carbons (Fsp3) is 0.280. The monoisotopic (exact) mass is 524 g/mol. The molecule has 4 aromatic rings. The Hall–Kier alpha value is -4.03. The highest BCUT2D eigenvalue weighted by atomic mass is 32.1. The highest BCUT2D eigenvalue weighted by Gasteiger charge is 2.23. The van der Waals surface area contributed by atoms with Gasteiger partial charge in [-0.25, -0.2) is 14.2 Å². The Morgan fingerprint density at radius 2 is 1.89 bits per heavy atom. The fourth-order valence-electron chi connectivity index (χ4n) is 4.11. The van der Waals surface area contributed by atoms with Gasteiger partial charge in [0.1, 0.15) is 22.3 Å². The molecular weight excluding hydrogens is 499 g/mol. The summed E-state index contributed by atoms with van der Waals surface area (Å²) in [7, 11) is 3.10. The van der Waals surface area contributed by atoms with E-state index in [0.717, 1.165) is 0 Å². The van der Waals surface area contributed by atoms with Gasteiger partial charge in [0, 0.05) is 50.4 Å². The summed E-state index contributed by atoms with van der Waals surface area (Å²) in [6.45, 7) is 2.78. The van der Waals surface area contributed by atoms with Gasteiger partial charge in [0.15, 0.2) is 0 Å². The fourth-order valence-corrected chi connectivity index (χ4v) is 5.03. The Bertz CT molecular complexity index is 1500. The topological polar surface area (TPSA) is 101 Å². The second kappa shape index (κ2) is 10.5. The van der Waals surface area contributed by atoms with E-state index in [1.807, 2.05) is 0 Å². The highest BCUT2D eigenvalue weighted by Crippen LogP contribution is 2.29. The lowest BCUT2D eigenvalue weighted by Crippen LogP contribution is -2.49. The van der Waals surface area contributed by atoms with Crippen LogP contribution >= 0.6 is 11.3 Å². The summed E-state index contributed by atoms with van der Waals surface area (Å²) in [6.07, 6.45) is 0. The van der Waals surface area contributed by atoms with Gasteiger partial charge in [-0.1, -0.05) is 23.5 Å². The van der Waals surface area contributed by atoms with Gasteiger partial charge in [0.2, 0.25) is 4.96 Å².